The van der Waals surface area contributed by atoms with Crippen molar-refractivity contribution in [3.8, 4) is 22.3 Å². The summed E-state index contributed by atoms with van der Waals surface area (Å²) >= 11 is 12.5. The Kier molecular flexibility index (Phi) is 8.54. The van der Waals surface area contributed by atoms with E-state index in [2.05, 4.69) is 10.3 Å². The van der Waals surface area contributed by atoms with Gasteiger partial charge in [0.15, 0.2) is 5.78 Å². The Labute approximate surface area is 223 Å². The van der Waals surface area contributed by atoms with Gasteiger partial charge in [-0.1, -0.05) is 47.5 Å². The molecule has 0 aliphatic heterocycles. The minimum atomic E-state index is -0.925. The zero-order valence-electron chi connectivity index (χ0n) is 19.7. The van der Waals surface area contributed by atoms with E-state index in [1.807, 2.05) is 48.5 Å². The van der Waals surface area contributed by atoms with Gasteiger partial charge in [0.05, 0.1) is 5.02 Å². The molecule has 188 valence electrons. The van der Waals surface area contributed by atoms with Crippen molar-refractivity contribution in [1.82, 2.24) is 4.98 Å². The molecule has 8 heteroatoms. The van der Waals surface area contributed by atoms with E-state index in [0.717, 1.165) is 33.5 Å². The van der Waals surface area contributed by atoms with Gasteiger partial charge in [-0.05, 0) is 71.6 Å². The van der Waals surface area contributed by atoms with Crippen LogP contribution in [-0.2, 0) is 11.3 Å². The van der Waals surface area contributed by atoms with Crippen LogP contribution in [0.2, 0.25) is 10.0 Å². The Morgan fingerprint density at radius 3 is 2.30 bits per heavy atom. The van der Waals surface area contributed by atoms with Crippen molar-refractivity contribution in [3.63, 3.8) is 0 Å². The van der Waals surface area contributed by atoms with Crippen LogP contribution >= 0.6 is 23.2 Å². The number of carbonyl (C=O) groups is 2. The predicted octanol–water partition coefficient (Wildman–Crippen LogP) is 7.91. The fourth-order valence-electron chi connectivity index (χ4n) is 3.91. The summed E-state index contributed by atoms with van der Waals surface area (Å²) in [4.78, 5) is 27.2. The van der Waals surface area contributed by atoms with Gasteiger partial charge in [-0.15, -0.1) is 0 Å². The summed E-state index contributed by atoms with van der Waals surface area (Å²) in [5.74, 6) is -1.49. The van der Waals surface area contributed by atoms with Crippen molar-refractivity contribution in [2.75, 3.05) is 5.32 Å². The minimum absolute atomic E-state index is 0.0502. The van der Waals surface area contributed by atoms with Crippen molar-refractivity contribution < 1.29 is 19.1 Å². The first-order valence-corrected chi connectivity index (χ1v) is 12.3. The number of benzene rings is 3. The summed E-state index contributed by atoms with van der Waals surface area (Å²) in [7, 11) is 0. The van der Waals surface area contributed by atoms with Crippen LogP contribution in [0.5, 0.6) is 0 Å². The molecule has 0 saturated heterocycles. The Morgan fingerprint density at radius 2 is 1.62 bits per heavy atom. The molecule has 3 aromatic carbocycles. The van der Waals surface area contributed by atoms with Crippen molar-refractivity contribution >= 4 is 40.6 Å². The maximum absolute atomic E-state index is 13.4. The highest BCUT2D eigenvalue weighted by Crippen LogP contribution is 2.31. The van der Waals surface area contributed by atoms with E-state index in [-0.39, 0.29) is 30.9 Å². The third kappa shape index (κ3) is 6.94. The molecular weight excluding hydrogens is 514 g/mol. The number of aliphatic carboxylic acids is 1. The number of rotatable bonds is 10. The number of nitrogens with zero attached hydrogens (tertiary/aromatic N) is 1. The highest BCUT2D eigenvalue weighted by Gasteiger charge is 2.12. The van der Waals surface area contributed by atoms with Gasteiger partial charge in [-0.25, -0.2) is 4.39 Å². The van der Waals surface area contributed by atoms with Crippen LogP contribution in [-0.4, -0.2) is 21.8 Å². The van der Waals surface area contributed by atoms with E-state index in [0.29, 0.717) is 22.3 Å². The van der Waals surface area contributed by atoms with Gasteiger partial charge >= 0.3 is 5.97 Å². The monoisotopic (exact) mass is 536 g/mol. The molecule has 0 unspecified atom stereocenters. The Bertz CT molecular complexity index is 1420. The van der Waals surface area contributed by atoms with Crippen molar-refractivity contribution in [2.24, 2.45) is 0 Å². The first kappa shape index (κ1) is 26.3. The molecule has 0 fully saturated rings. The van der Waals surface area contributed by atoms with E-state index in [1.54, 1.807) is 18.3 Å². The van der Waals surface area contributed by atoms with E-state index in [1.165, 1.54) is 12.1 Å². The number of pyridine rings is 1. The van der Waals surface area contributed by atoms with E-state index >= 15 is 0 Å². The van der Waals surface area contributed by atoms with Crippen LogP contribution in [0.4, 0.5) is 10.1 Å². The number of anilines is 1. The van der Waals surface area contributed by atoms with E-state index < -0.39 is 5.97 Å². The van der Waals surface area contributed by atoms with E-state index in [4.69, 9.17) is 28.3 Å². The molecule has 1 heterocycles. The fraction of sp³-hybridized carbons (Fsp3) is 0.138. The SMILES string of the molecule is O=C(O)CCCC(=O)c1ccc(-c2cc(Cl)ccc2CNc2ccc(-c3ccc(F)cc3Cl)cc2)cn1. The number of carbonyl (C=O) groups excluding carboxylic acids is 1. The fourth-order valence-corrected chi connectivity index (χ4v) is 4.35. The summed E-state index contributed by atoms with van der Waals surface area (Å²) in [6.45, 7) is 0.513. The zero-order valence-corrected chi connectivity index (χ0v) is 21.2. The number of carboxylic acid groups (broad SMARTS) is 1. The lowest BCUT2D eigenvalue weighted by Crippen LogP contribution is -2.04. The van der Waals surface area contributed by atoms with Gasteiger partial charge in [0.25, 0.3) is 0 Å². The maximum atomic E-state index is 13.4. The molecule has 0 atom stereocenters. The van der Waals surface area contributed by atoms with Crippen molar-refractivity contribution in [3.05, 3.63) is 106 Å². The standard InChI is InChI=1S/C29H23Cl2FN2O3/c30-21-8-4-19(16-33-23-10-5-18(6-11-23)24-12-9-22(32)15-26(24)31)25(14-21)20-7-13-27(34-17-20)28(35)2-1-3-29(36)37/h4-15,17,33H,1-3,16H2,(H,36,37). The highest BCUT2D eigenvalue weighted by atomic mass is 35.5. The molecule has 4 rings (SSSR count). The maximum Gasteiger partial charge on any atom is 0.303 e. The van der Waals surface area contributed by atoms with Gasteiger partial charge in [0.2, 0.25) is 0 Å². The largest absolute Gasteiger partial charge is 0.481 e. The summed E-state index contributed by atoms with van der Waals surface area (Å²) < 4.78 is 13.4. The molecule has 0 aliphatic rings. The molecule has 0 spiro atoms. The summed E-state index contributed by atoms with van der Waals surface area (Å²) in [6, 6.07) is 21.1. The average molecular weight is 537 g/mol. The molecular formula is C29H23Cl2FN2O3. The number of aromatic nitrogens is 1. The number of hydrogen-bond donors (Lipinski definition) is 2. The molecule has 0 radical (unpaired) electrons. The first-order chi connectivity index (χ1) is 17.8. The molecule has 4 aromatic rings. The third-order valence-electron chi connectivity index (χ3n) is 5.84. The van der Waals surface area contributed by atoms with Gasteiger partial charge in [-0.3, -0.25) is 14.6 Å². The highest BCUT2D eigenvalue weighted by molar-refractivity contribution is 6.33. The first-order valence-electron chi connectivity index (χ1n) is 11.6. The molecule has 0 bridgehead atoms. The normalized spacial score (nSPS) is 10.8. The number of nitrogens with one attached hydrogen (secondary N) is 1. The van der Waals surface area contributed by atoms with Crippen LogP contribution in [0, 0.1) is 5.82 Å². The van der Waals surface area contributed by atoms with Gasteiger partial charge in [0.1, 0.15) is 11.5 Å². The lowest BCUT2D eigenvalue weighted by Gasteiger charge is -2.13. The minimum Gasteiger partial charge on any atom is -0.481 e. The number of carboxylic acids is 1. The molecule has 0 saturated carbocycles. The molecule has 2 N–H and O–H groups in total. The van der Waals surface area contributed by atoms with Crippen LogP contribution in [0.15, 0.2) is 79.0 Å². The van der Waals surface area contributed by atoms with Crippen LogP contribution in [0.1, 0.15) is 35.3 Å². The van der Waals surface area contributed by atoms with Crippen LogP contribution < -0.4 is 5.32 Å². The van der Waals surface area contributed by atoms with Crippen LogP contribution in [0.3, 0.4) is 0 Å². The Morgan fingerprint density at radius 1 is 0.865 bits per heavy atom. The summed E-state index contributed by atoms with van der Waals surface area (Å²) in [5, 5.41) is 13.1. The second-order valence-electron chi connectivity index (χ2n) is 8.46. The predicted molar refractivity (Wildman–Crippen MR) is 145 cm³/mol. The second kappa shape index (κ2) is 12.0. The quantitative estimate of drug-likeness (QED) is 0.201. The van der Waals surface area contributed by atoms with Gasteiger partial charge in [0, 0.05) is 47.4 Å². The third-order valence-corrected chi connectivity index (χ3v) is 6.38. The molecule has 5 nitrogen and oxygen atoms in total. The molecule has 0 amide bonds. The summed E-state index contributed by atoms with van der Waals surface area (Å²) in [5.41, 5.74) is 5.50. The topological polar surface area (TPSA) is 79.3 Å². The van der Waals surface area contributed by atoms with Gasteiger partial charge < -0.3 is 10.4 Å². The number of ketones is 1. The van der Waals surface area contributed by atoms with Crippen molar-refractivity contribution in [1.29, 1.82) is 0 Å². The average Bonchev–Trinajstić information content (AvgIpc) is 2.88. The number of hydrogen-bond acceptors (Lipinski definition) is 4. The second-order valence-corrected chi connectivity index (χ2v) is 9.30. The van der Waals surface area contributed by atoms with Crippen molar-refractivity contribution in [2.45, 2.75) is 25.8 Å². The van der Waals surface area contributed by atoms with Gasteiger partial charge in [-0.2, -0.15) is 0 Å². The Balaban J connectivity index is 1.46. The van der Waals surface area contributed by atoms with Crippen LogP contribution in [0.25, 0.3) is 22.3 Å². The Hall–Kier alpha value is -3.74. The number of Topliss-reactive ketones (excluding diaryl/α,β-unsaturated/α-hetero) is 1. The van der Waals surface area contributed by atoms with E-state index in [9.17, 15) is 14.0 Å². The number of halogens is 3. The molecule has 37 heavy (non-hydrogen) atoms. The smallest absolute Gasteiger partial charge is 0.303 e. The molecule has 0 aliphatic carbocycles. The molecule has 1 aromatic heterocycles. The lowest BCUT2D eigenvalue weighted by atomic mass is 10.00. The summed E-state index contributed by atoms with van der Waals surface area (Å²) in [6.07, 6.45) is 1.99. The zero-order chi connectivity index (χ0) is 26.4. The lowest BCUT2D eigenvalue weighted by molar-refractivity contribution is -0.137.